The van der Waals surface area contributed by atoms with Crippen LogP contribution in [-0.2, 0) is 6.54 Å². The van der Waals surface area contributed by atoms with Crippen LogP contribution < -0.4 is 5.32 Å². The Morgan fingerprint density at radius 3 is 2.76 bits per heavy atom. The molecule has 0 aliphatic rings. The summed E-state index contributed by atoms with van der Waals surface area (Å²) in [5, 5.41) is 10.6. The minimum Gasteiger partial charge on any atom is -0.379 e. The number of rotatable bonds is 3. The molecule has 0 spiro atoms. The van der Waals surface area contributed by atoms with Crippen molar-refractivity contribution in [3.05, 3.63) is 39.4 Å². The van der Waals surface area contributed by atoms with E-state index in [2.05, 4.69) is 36.2 Å². The Kier molecular flexibility index (Phi) is 3.42. The van der Waals surface area contributed by atoms with Gasteiger partial charge in [-0.1, -0.05) is 10.3 Å². The first-order valence-electron chi connectivity index (χ1n) is 5.05. The third-order valence-corrected chi connectivity index (χ3v) is 3.07. The molecular weight excluding hydrogens is 289 g/mol. The molecule has 0 saturated heterocycles. The smallest absolute Gasteiger partial charge is 0.137 e. The Balaban J connectivity index is 2.14. The van der Waals surface area contributed by atoms with Crippen molar-refractivity contribution in [2.45, 2.75) is 20.4 Å². The lowest BCUT2D eigenvalue weighted by Gasteiger charge is -2.09. The van der Waals surface area contributed by atoms with Gasteiger partial charge in [-0.25, -0.2) is 9.02 Å². The maximum absolute atomic E-state index is 13.2. The highest BCUT2D eigenvalue weighted by atomic mass is 79.9. The van der Waals surface area contributed by atoms with Crippen LogP contribution in [0.25, 0.3) is 0 Å². The average Bonchev–Trinajstić information content (AvgIpc) is 2.68. The fourth-order valence-electron chi connectivity index (χ4n) is 1.43. The molecular formula is C11H11BrFN3O. The lowest BCUT2D eigenvalue weighted by molar-refractivity contribution is 0.301. The molecule has 1 N–H and O–H groups in total. The first-order chi connectivity index (χ1) is 8.08. The first-order valence-corrected chi connectivity index (χ1v) is 5.85. The number of halogens is 2. The second-order valence-electron chi connectivity index (χ2n) is 3.73. The Bertz CT molecular complexity index is 542. The average molecular weight is 300 g/mol. The molecule has 0 amide bonds. The van der Waals surface area contributed by atoms with Gasteiger partial charge in [0.25, 0.3) is 0 Å². The van der Waals surface area contributed by atoms with Crippen molar-refractivity contribution in [2.75, 3.05) is 5.32 Å². The Morgan fingerprint density at radius 2 is 2.12 bits per heavy atom. The lowest BCUT2D eigenvalue weighted by atomic mass is 10.2. The van der Waals surface area contributed by atoms with Gasteiger partial charge in [0.2, 0.25) is 0 Å². The molecule has 0 unspecified atom stereocenters. The van der Waals surface area contributed by atoms with Crippen molar-refractivity contribution in [3.63, 3.8) is 0 Å². The zero-order chi connectivity index (χ0) is 12.4. The summed E-state index contributed by atoms with van der Waals surface area (Å²) in [6.45, 7) is 4.15. The van der Waals surface area contributed by atoms with Gasteiger partial charge in [0.1, 0.15) is 17.2 Å². The van der Waals surface area contributed by atoms with Gasteiger partial charge >= 0.3 is 0 Å². The molecule has 0 atom stereocenters. The van der Waals surface area contributed by atoms with Gasteiger partial charge in [-0.3, -0.25) is 0 Å². The quantitative estimate of drug-likeness (QED) is 0.945. The number of nitrogens with one attached hydrogen (secondary N) is 1. The highest BCUT2D eigenvalue weighted by Gasteiger charge is 2.08. The number of benzene rings is 1. The fraction of sp³-hybridized carbons (Fsp3) is 0.273. The van der Waals surface area contributed by atoms with Gasteiger partial charge in [-0.2, -0.15) is 0 Å². The van der Waals surface area contributed by atoms with Crippen LogP contribution in [-0.4, -0.2) is 10.3 Å². The standard InChI is InChI=1S/C11H11BrFN3O/c1-6-3-9(13)8(12)4-10(6)14-5-11-7(2)15-17-16-11/h3-4,14H,5H2,1-2H3. The van der Waals surface area contributed by atoms with E-state index >= 15 is 0 Å². The van der Waals surface area contributed by atoms with Crippen LogP contribution >= 0.6 is 15.9 Å². The molecule has 0 saturated carbocycles. The molecule has 0 bridgehead atoms. The number of anilines is 1. The van der Waals surface area contributed by atoms with Crippen molar-refractivity contribution < 1.29 is 9.02 Å². The number of hydrogen-bond donors (Lipinski definition) is 1. The molecule has 1 aromatic heterocycles. The number of nitrogens with zero attached hydrogens (tertiary/aromatic N) is 2. The first kappa shape index (κ1) is 12.0. The van der Waals surface area contributed by atoms with Crippen molar-refractivity contribution in [1.82, 2.24) is 10.3 Å². The Labute approximate surface area is 106 Å². The second kappa shape index (κ2) is 4.83. The summed E-state index contributed by atoms with van der Waals surface area (Å²) in [5.41, 5.74) is 3.17. The topological polar surface area (TPSA) is 51.0 Å². The molecule has 6 heteroatoms. The van der Waals surface area contributed by atoms with Crippen LogP contribution in [0, 0.1) is 19.7 Å². The van der Waals surface area contributed by atoms with E-state index < -0.39 is 0 Å². The molecule has 2 aromatic rings. The molecule has 1 aromatic carbocycles. The van der Waals surface area contributed by atoms with Crippen molar-refractivity contribution >= 4 is 21.6 Å². The van der Waals surface area contributed by atoms with E-state index in [0.717, 1.165) is 22.6 Å². The molecule has 0 radical (unpaired) electrons. The number of aromatic nitrogens is 2. The van der Waals surface area contributed by atoms with Crippen molar-refractivity contribution in [2.24, 2.45) is 0 Å². The van der Waals surface area contributed by atoms with E-state index in [9.17, 15) is 4.39 Å². The molecule has 0 fully saturated rings. The Hall–Kier alpha value is -1.43. The molecule has 0 aliphatic carbocycles. The summed E-state index contributed by atoms with van der Waals surface area (Å²) >= 11 is 3.15. The lowest BCUT2D eigenvalue weighted by Crippen LogP contribution is -2.03. The molecule has 4 nitrogen and oxygen atoms in total. The summed E-state index contributed by atoms with van der Waals surface area (Å²) in [7, 11) is 0. The van der Waals surface area contributed by atoms with Crippen LogP contribution in [0.3, 0.4) is 0 Å². The van der Waals surface area contributed by atoms with Crippen molar-refractivity contribution in [3.8, 4) is 0 Å². The van der Waals surface area contributed by atoms with Crippen LogP contribution in [0.5, 0.6) is 0 Å². The highest BCUT2D eigenvalue weighted by Crippen LogP contribution is 2.24. The number of hydrogen-bond acceptors (Lipinski definition) is 4. The minimum atomic E-state index is -0.271. The van der Waals surface area contributed by atoms with Gasteiger partial charge < -0.3 is 5.32 Å². The van der Waals surface area contributed by atoms with E-state index in [0.29, 0.717) is 11.0 Å². The van der Waals surface area contributed by atoms with E-state index in [1.54, 1.807) is 6.07 Å². The predicted molar refractivity (Wildman–Crippen MR) is 65.2 cm³/mol. The van der Waals surface area contributed by atoms with E-state index in [1.165, 1.54) is 6.07 Å². The molecule has 2 rings (SSSR count). The van der Waals surface area contributed by atoms with Gasteiger partial charge in [0.15, 0.2) is 0 Å². The van der Waals surface area contributed by atoms with Crippen molar-refractivity contribution in [1.29, 1.82) is 0 Å². The molecule has 0 aliphatic heterocycles. The van der Waals surface area contributed by atoms with Crippen LogP contribution in [0.1, 0.15) is 17.0 Å². The fourth-order valence-corrected chi connectivity index (χ4v) is 1.77. The summed E-state index contributed by atoms with van der Waals surface area (Å²) < 4.78 is 18.3. The van der Waals surface area contributed by atoms with E-state index in [4.69, 9.17) is 0 Å². The van der Waals surface area contributed by atoms with Crippen LogP contribution in [0.15, 0.2) is 21.2 Å². The van der Waals surface area contributed by atoms with E-state index in [1.807, 2.05) is 13.8 Å². The largest absolute Gasteiger partial charge is 0.379 e. The zero-order valence-corrected chi connectivity index (χ0v) is 11.0. The molecule has 1 heterocycles. The third-order valence-electron chi connectivity index (χ3n) is 2.46. The minimum absolute atomic E-state index is 0.271. The number of aryl methyl sites for hydroxylation is 2. The second-order valence-corrected chi connectivity index (χ2v) is 4.59. The summed E-state index contributed by atoms with van der Waals surface area (Å²) in [4.78, 5) is 0. The maximum Gasteiger partial charge on any atom is 0.137 e. The summed E-state index contributed by atoms with van der Waals surface area (Å²) in [6, 6.07) is 3.17. The SMILES string of the molecule is Cc1cc(F)c(Br)cc1NCc1nonc1C. The van der Waals surface area contributed by atoms with Gasteiger partial charge in [-0.15, -0.1) is 0 Å². The summed E-state index contributed by atoms with van der Waals surface area (Å²) in [5.74, 6) is -0.271. The van der Waals surface area contributed by atoms with Crippen LogP contribution in [0.4, 0.5) is 10.1 Å². The van der Waals surface area contributed by atoms with Gasteiger partial charge in [0, 0.05) is 5.69 Å². The predicted octanol–water partition coefficient (Wildman–Crippen LogP) is 3.20. The summed E-state index contributed by atoms with van der Waals surface area (Å²) in [6.07, 6.45) is 0. The van der Waals surface area contributed by atoms with Gasteiger partial charge in [-0.05, 0) is 47.5 Å². The molecule has 90 valence electrons. The monoisotopic (exact) mass is 299 g/mol. The molecule has 17 heavy (non-hydrogen) atoms. The third kappa shape index (κ3) is 2.63. The maximum atomic E-state index is 13.2. The Morgan fingerprint density at radius 1 is 1.35 bits per heavy atom. The normalized spacial score (nSPS) is 10.6. The van der Waals surface area contributed by atoms with Gasteiger partial charge in [0.05, 0.1) is 11.0 Å². The highest BCUT2D eigenvalue weighted by molar-refractivity contribution is 9.10. The van der Waals surface area contributed by atoms with Crippen LogP contribution in [0.2, 0.25) is 0 Å². The van der Waals surface area contributed by atoms with E-state index in [-0.39, 0.29) is 5.82 Å². The zero-order valence-electron chi connectivity index (χ0n) is 9.42.